The van der Waals surface area contributed by atoms with Crippen molar-refractivity contribution in [1.29, 1.82) is 0 Å². The zero-order valence-corrected chi connectivity index (χ0v) is 11.6. The molecule has 6 heteroatoms. The van der Waals surface area contributed by atoms with Crippen LogP contribution < -0.4 is 0 Å². The molecule has 0 radical (unpaired) electrons. The second-order valence-electron chi connectivity index (χ2n) is 4.09. The molecule has 0 bridgehead atoms. The van der Waals surface area contributed by atoms with Gasteiger partial charge in [0.05, 0.1) is 5.75 Å². The van der Waals surface area contributed by atoms with Gasteiger partial charge >= 0.3 is 0 Å². The van der Waals surface area contributed by atoms with E-state index in [0.717, 1.165) is 6.42 Å². The molecule has 0 unspecified atom stereocenters. The molecular formula is C11H13BrFNO2S. The minimum Gasteiger partial charge on any atom is -0.212 e. The van der Waals surface area contributed by atoms with E-state index < -0.39 is 10.0 Å². The zero-order chi connectivity index (χ0) is 12.5. The second kappa shape index (κ2) is 5.04. The van der Waals surface area contributed by atoms with Gasteiger partial charge in [-0.25, -0.2) is 12.8 Å². The topological polar surface area (TPSA) is 37.4 Å². The lowest BCUT2D eigenvalue weighted by molar-refractivity contribution is 0.373. The summed E-state index contributed by atoms with van der Waals surface area (Å²) >= 11 is 3.17. The summed E-state index contributed by atoms with van der Waals surface area (Å²) < 4.78 is 39.1. The van der Waals surface area contributed by atoms with Crippen LogP contribution in [0, 0.1) is 5.82 Å². The summed E-state index contributed by atoms with van der Waals surface area (Å²) in [6.45, 7) is 0.610. The van der Waals surface area contributed by atoms with Gasteiger partial charge in [-0.05, 0) is 25.0 Å². The van der Waals surface area contributed by atoms with Crippen LogP contribution >= 0.6 is 15.9 Å². The number of nitrogens with zero attached hydrogens (tertiary/aromatic N) is 1. The average Bonchev–Trinajstić information content (AvgIpc) is 2.24. The van der Waals surface area contributed by atoms with Gasteiger partial charge in [0.2, 0.25) is 10.0 Å². The zero-order valence-electron chi connectivity index (χ0n) is 9.20. The van der Waals surface area contributed by atoms with E-state index in [1.807, 2.05) is 0 Å². The predicted octanol–water partition coefficient (Wildman–Crippen LogP) is 2.51. The lowest BCUT2D eigenvalue weighted by Gasteiger charge is -2.26. The van der Waals surface area contributed by atoms with Crippen molar-refractivity contribution in [3.8, 4) is 0 Å². The first kappa shape index (κ1) is 13.0. The Morgan fingerprint density at radius 2 is 2.12 bits per heavy atom. The summed E-state index contributed by atoms with van der Waals surface area (Å²) in [6, 6.07) is 4.68. The fourth-order valence-corrected chi connectivity index (χ4v) is 3.76. The molecule has 1 aliphatic heterocycles. The molecule has 0 atom stereocenters. The van der Waals surface area contributed by atoms with E-state index in [-0.39, 0.29) is 18.1 Å². The molecule has 1 saturated heterocycles. The number of sulfonamides is 1. The number of halogens is 2. The molecule has 0 aliphatic carbocycles. The summed E-state index contributed by atoms with van der Waals surface area (Å²) in [5.41, 5.74) is 0.415. The number of rotatable bonds is 2. The summed E-state index contributed by atoms with van der Waals surface area (Å²) in [7, 11) is -3.19. The van der Waals surface area contributed by atoms with Crippen LogP contribution in [0.1, 0.15) is 18.4 Å². The lowest BCUT2D eigenvalue weighted by Crippen LogP contribution is -2.37. The van der Waals surface area contributed by atoms with Gasteiger partial charge in [-0.15, -0.1) is 0 Å². The van der Waals surface area contributed by atoms with E-state index in [1.165, 1.54) is 10.4 Å². The maximum Gasteiger partial charge on any atom is 0.214 e. The molecule has 1 aromatic rings. The van der Waals surface area contributed by atoms with Gasteiger partial charge in [-0.2, -0.15) is 4.31 Å². The Morgan fingerprint density at radius 3 is 2.76 bits per heavy atom. The Bertz CT molecular complexity index is 518. The highest BCUT2D eigenvalue weighted by atomic mass is 79.9. The van der Waals surface area contributed by atoms with Gasteiger partial charge in [-0.3, -0.25) is 0 Å². The average molecular weight is 322 g/mol. The van der Waals surface area contributed by atoms with E-state index in [0.29, 0.717) is 23.0 Å². The summed E-state index contributed by atoms with van der Waals surface area (Å²) in [5, 5.41) is 0. The molecule has 0 saturated carbocycles. The third-order valence-electron chi connectivity index (χ3n) is 2.82. The van der Waals surface area contributed by atoms with Crippen LogP contribution in [0.5, 0.6) is 0 Å². The summed E-state index contributed by atoms with van der Waals surface area (Å²) in [6.07, 6.45) is 1.54. The number of hydrogen-bond acceptors (Lipinski definition) is 2. The summed E-state index contributed by atoms with van der Waals surface area (Å²) in [5.74, 6) is -0.203. The first-order valence-corrected chi connectivity index (χ1v) is 7.81. The third kappa shape index (κ3) is 3.05. The van der Waals surface area contributed by atoms with E-state index in [2.05, 4.69) is 15.9 Å². The van der Waals surface area contributed by atoms with Gasteiger partial charge in [0.1, 0.15) is 5.82 Å². The molecule has 94 valence electrons. The highest BCUT2D eigenvalue weighted by molar-refractivity contribution is 9.10. The maximum absolute atomic E-state index is 13.6. The van der Waals surface area contributed by atoms with Crippen molar-refractivity contribution in [3.63, 3.8) is 0 Å². The third-order valence-corrected chi connectivity index (χ3v) is 5.21. The molecular weight excluding hydrogens is 309 g/mol. The van der Waals surface area contributed by atoms with Crippen LogP contribution in [0.15, 0.2) is 22.7 Å². The standard InChI is InChI=1S/C11H13BrFNO2S/c12-10-4-3-9(11(13)7-10)8-14-5-1-2-6-17(14,15)16/h3-4,7H,1-2,5-6,8H2. The second-order valence-corrected chi connectivity index (χ2v) is 7.10. The molecule has 1 fully saturated rings. The molecule has 0 aromatic heterocycles. The minimum absolute atomic E-state index is 0.126. The van der Waals surface area contributed by atoms with E-state index >= 15 is 0 Å². The van der Waals surface area contributed by atoms with Crippen molar-refractivity contribution in [2.24, 2.45) is 0 Å². The quantitative estimate of drug-likeness (QED) is 0.839. The van der Waals surface area contributed by atoms with Crippen LogP contribution in [-0.4, -0.2) is 25.0 Å². The van der Waals surface area contributed by atoms with Gasteiger partial charge in [-0.1, -0.05) is 22.0 Å². The summed E-state index contributed by atoms with van der Waals surface area (Å²) in [4.78, 5) is 0. The minimum atomic E-state index is -3.19. The van der Waals surface area contributed by atoms with Crippen molar-refractivity contribution in [2.75, 3.05) is 12.3 Å². The molecule has 3 nitrogen and oxygen atoms in total. The van der Waals surface area contributed by atoms with Gasteiger partial charge < -0.3 is 0 Å². The Labute approximate surface area is 109 Å². The number of benzene rings is 1. The Morgan fingerprint density at radius 1 is 1.35 bits per heavy atom. The van der Waals surface area contributed by atoms with E-state index in [9.17, 15) is 12.8 Å². The van der Waals surface area contributed by atoms with Crippen molar-refractivity contribution < 1.29 is 12.8 Å². The fourth-order valence-electron chi connectivity index (χ4n) is 1.86. The monoisotopic (exact) mass is 321 g/mol. The first-order valence-electron chi connectivity index (χ1n) is 5.41. The molecule has 1 aliphatic rings. The van der Waals surface area contributed by atoms with Gasteiger partial charge in [0.25, 0.3) is 0 Å². The fraction of sp³-hybridized carbons (Fsp3) is 0.455. The predicted molar refractivity (Wildman–Crippen MR) is 67.5 cm³/mol. The highest BCUT2D eigenvalue weighted by Crippen LogP contribution is 2.21. The SMILES string of the molecule is O=S1(=O)CCCCN1Cc1ccc(Br)cc1F. The van der Waals surface area contributed by atoms with Gasteiger partial charge in [0, 0.05) is 23.1 Å². The highest BCUT2D eigenvalue weighted by Gasteiger charge is 2.26. The van der Waals surface area contributed by atoms with E-state index in [1.54, 1.807) is 12.1 Å². The van der Waals surface area contributed by atoms with Crippen molar-refractivity contribution >= 4 is 26.0 Å². The van der Waals surface area contributed by atoms with Gasteiger partial charge in [0.15, 0.2) is 0 Å². The molecule has 2 rings (SSSR count). The first-order chi connectivity index (χ1) is 7.99. The van der Waals surface area contributed by atoms with E-state index in [4.69, 9.17) is 0 Å². The molecule has 0 amide bonds. The maximum atomic E-state index is 13.6. The Hall–Kier alpha value is -0.460. The molecule has 1 aromatic carbocycles. The Balaban J connectivity index is 2.20. The lowest BCUT2D eigenvalue weighted by atomic mass is 10.2. The van der Waals surface area contributed by atoms with Crippen LogP contribution in [-0.2, 0) is 16.6 Å². The van der Waals surface area contributed by atoms with Crippen molar-refractivity contribution in [2.45, 2.75) is 19.4 Å². The normalized spacial score (nSPS) is 20.4. The van der Waals surface area contributed by atoms with Crippen molar-refractivity contribution in [1.82, 2.24) is 4.31 Å². The Kier molecular flexibility index (Phi) is 3.85. The van der Waals surface area contributed by atoms with Crippen molar-refractivity contribution in [3.05, 3.63) is 34.1 Å². The smallest absolute Gasteiger partial charge is 0.212 e. The molecule has 17 heavy (non-hydrogen) atoms. The van der Waals surface area contributed by atoms with Crippen LogP contribution in [0.2, 0.25) is 0 Å². The van der Waals surface area contributed by atoms with Crippen LogP contribution in [0.4, 0.5) is 4.39 Å². The van der Waals surface area contributed by atoms with Crippen LogP contribution in [0.3, 0.4) is 0 Å². The molecule has 1 heterocycles. The van der Waals surface area contributed by atoms with Crippen LogP contribution in [0.25, 0.3) is 0 Å². The molecule has 0 spiro atoms. The molecule has 0 N–H and O–H groups in total. The number of hydrogen-bond donors (Lipinski definition) is 0. The largest absolute Gasteiger partial charge is 0.214 e.